The van der Waals surface area contributed by atoms with E-state index in [1.807, 2.05) is 6.92 Å². The molecule has 1 heterocycles. The fraction of sp³-hybridized carbons (Fsp3) is 0.182. The van der Waals surface area contributed by atoms with Gasteiger partial charge in [0.25, 0.3) is 5.91 Å². The number of anilines is 1. The Kier molecular flexibility index (Phi) is 5.33. The number of carbonyl (C=O) groups is 2. The highest BCUT2D eigenvalue weighted by molar-refractivity contribution is 6.23. The third kappa shape index (κ3) is 3.81. The van der Waals surface area contributed by atoms with Crippen LogP contribution >= 0.6 is 0 Å². The third-order valence-electron chi connectivity index (χ3n) is 4.65. The molecule has 0 aromatic heterocycles. The van der Waals surface area contributed by atoms with Crippen molar-refractivity contribution in [3.8, 4) is 0 Å². The predicted molar refractivity (Wildman–Crippen MR) is 103 cm³/mol. The van der Waals surface area contributed by atoms with Gasteiger partial charge < -0.3 is 4.74 Å². The molecule has 0 saturated carbocycles. The fourth-order valence-corrected chi connectivity index (χ4v) is 3.22. The van der Waals surface area contributed by atoms with E-state index >= 15 is 0 Å². The minimum Gasteiger partial charge on any atom is -0.465 e. The Morgan fingerprint density at radius 2 is 1.66 bits per heavy atom. The van der Waals surface area contributed by atoms with Crippen molar-refractivity contribution >= 4 is 23.6 Å². The zero-order valence-electron chi connectivity index (χ0n) is 16.0. The van der Waals surface area contributed by atoms with Crippen LogP contribution in [0.1, 0.15) is 23.6 Å². The summed E-state index contributed by atoms with van der Waals surface area (Å²) < 4.78 is 44.9. The van der Waals surface area contributed by atoms with Crippen LogP contribution in [-0.2, 0) is 20.5 Å². The molecule has 150 valence electrons. The van der Waals surface area contributed by atoms with Gasteiger partial charge in [0.2, 0.25) is 0 Å². The van der Waals surface area contributed by atoms with E-state index in [1.54, 1.807) is 31.2 Å². The Labute approximate surface area is 165 Å². The first kappa shape index (κ1) is 20.4. The molecule has 0 bridgehead atoms. The molecule has 0 N–H and O–H groups in total. The summed E-state index contributed by atoms with van der Waals surface area (Å²) in [5, 5.41) is 0. The molecule has 1 amide bonds. The number of alkyl halides is 3. The highest BCUT2D eigenvalue weighted by Gasteiger charge is 2.39. The Balaban J connectivity index is 2.19. The Morgan fingerprint density at radius 1 is 1.03 bits per heavy atom. The fourth-order valence-electron chi connectivity index (χ4n) is 3.22. The number of nitrogens with zero attached hydrogens (tertiary/aromatic N) is 1. The number of aryl methyl sites for hydroxylation is 1. The highest BCUT2D eigenvalue weighted by Crippen LogP contribution is 2.38. The molecule has 2 aromatic carbocycles. The summed E-state index contributed by atoms with van der Waals surface area (Å²) in [6.45, 7) is 3.44. The second kappa shape index (κ2) is 7.58. The van der Waals surface area contributed by atoms with Crippen molar-refractivity contribution in [1.82, 2.24) is 0 Å². The molecular weight excluding hydrogens is 383 g/mol. The zero-order valence-corrected chi connectivity index (χ0v) is 16.0. The molecule has 0 radical (unpaired) electrons. The van der Waals surface area contributed by atoms with Gasteiger partial charge in [-0.15, -0.1) is 0 Å². The number of halogens is 3. The molecule has 1 aliphatic heterocycles. The molecule has 0 atom stereocenters. The van der Waals surface area contributed by atoms with Gasteiger partial charge in [0, 0.05) is 11.4 Å². The van der Waals surface area contributed by atoms with E-state index < -0.39 is 23.6 Å². The highest BCUT2D eigenvalue weighted by atomic mass is 19.4. The van der Waals surface area contributed by atoms with Crippen LogP contribution in [0.4, 0.5) is 18.9 Å². The maximum absolute atomic E-state index is 13.4. The van der Waals surface area contributed by atoms with Crippen molar-refractivity contribution < 1.29 is 27.5 Å². The van der Waals surface area contributed by atoms with Crippen molar-refractivity contribution in [2.45, 2.75) is 20.0 Å². The van der Waals surface area contributed by atoms with E-state index in [-0.39, 0.29) is 16.7 Å². The quantitative estimate of drug-likeness (QED) is 0.543. The van der Waals surface area contributed by atoms with Gasteiger partial charge in [-0.1, -0.05) is 35.9 Å². The molecule has 1 aliphatic rings. The van der Waals surface area contributed by atoms with Crippen molar-refractivity contribution in [2.24, 2.45) is 0 Å². The van der Waals surface area contributed by atoms with E-state index in [4.69, 9.17) is 4.74 Å². The summed E-state index contributed by atoms with van der Waals surface area (Å²) in [5.74, 6) is -1.38. The molecule has 0 aliphatic carbocycles. The number of ether oxygens (including phenoxy) is 1. The van der Waals surface area contributed by atoms with E-state index in [0.717, 1.165) is 24.8 Å². The van der Waals surface area contributed by atoms with Crippen molar-refractivity contribution in [3.63, 3.8) is 0 Å². The van der Waals surface area contributed by atoms with Crippen LogP contribution in [0.3, 0.4) is 0 Å². The summed E-state index contributed by atoms with van der Waals surface area (Å²) in [5.41, 5.74) is 0.472. The molecule has 0 spiro atoms. The summed E-state index contributed by atoms with van der Waals surface area (Å²) >= 11 is 0. The summed E-state index contributed by atoms with van der Waals surface area (Å²) in [4.78, 5) is 26.8. The number of rotatable bonds is 3. The molecule has 2 aromatic rings. The standard InChI is InChI=1S/C22H18F3NO3/c1-13-8-10-16(11-9-13)26-14(2)19(21(28)29-3)17(20(26)27)12-15-6-4-5-7-18(15)22(23,24)25/h4-12H,1-3H3/b17-12+. The van der Waals surface area contributed by atoms with Crippen LogP contribution < -0.4 is 4.90 Å². The molecule has 3 rings (SSSR count). The number of hydrogen-bond acceptors (Lipinski definition) is 3. The van der Waals surface area contributed by atoms with Gasteiger partial charge in [0.1, 0.15) is 0 Å². The number of benzene rings is 2. The monoisotopic (exact) mass is 401 g/mol. The van der Waals surface area contributed by atoms with E-state index in [0.29, 0.717) is 11.4 Å². The number of esters is 1. The molecule has 0 fully saturated rings. The minimum atomic E-state index is -4.60. The minimum absolute atomic E-state index is 0.0601. The van der Waals surface area contributed by atoms with Crippen LogP contribution in [0, 0.1) is 6.92 Å². The zero-order chi connectivity index (χ0) is 21.3. The van der Waals surface area contributed by atoms with Gasteiger partial charge >= 0.3 is 12.1 Å². The smallest absolute Gasteiger partial charge is 0.416 e. The molecule has 4 nitrogen and oxygen atoms in total. The molecule has 0 unspecified atom stereocenters. The number of carbonyl (C=O) groups excluding carboxylic acids is 2. The normalized spacial score (nSPS) is 16.0. The Hall–Kier alpha value is -3.35. The summed E-state index contributed by atoms with van der Waals surface area (Å²) in [6.07, 6.45) is -3.51. The van der Waals surface area contributed by atoms with Crippen LogP contribution in [0.2, 0.25) is 0 Å². The van der Waals surface area contributed by atoms with Gasteiger partial charge in [-0.3, -0.25) is 9.69 Å². The molecular formula is C22H18F3NO3. The first-order valence-electron chi connectivity index (χ1n) is 8.73. The average molecular weight is 401 g/mol. The SMILES string of the molecule is COC(=O)C1=C(C)N(c2ccc(C)cc2)C(=O)/C1=C/c1ccccc1C(F)(F)F. The molecule has 7 heteroatoms. The third-order valence-corrected chi connectivity index (χ3v) is 4.65. The second-order valence-corrected chi connectivity index (χ2v) is 6.57. The number of hydrogen-bond donors (Lipinski definition) is 0. The van der Waals surface area contributed by atoms with E-state index in [1.165, 1.54) is 23.1 Å². The number of allylic oxidation sites excluding steroid dienone is 1. The lowest BCUT2D eigenvalue weighted by molar-refractivity contribution is -0.138. The first-order valence-corrected chi connectivity index (χ1v) is 8.73. The van der Waals surface area contributed by atoms with Crippen LogP contribution in [-0.4, -0.2) is 19.0 Å². The maximum Gasteiger partial charge on any atom is 0.416 e. The lowest BCUT2D eigenvalue weighted by atomic mass is 10.00. The van der Waals surface area contributed by atoms with Crippen LogP contribution in [0.25, 0.3) is 6.08 Å². The molecule has 29 heavy (non-hydrogen) atoms. The predicted octanol–water partition coefficient (Wildman–Crippen LogP) is 4.89. The summed E-state index contributed by atoms with van der Waals surface area (Å²) in [7, 11) is 1.16. The van der Waals surface area contributed by atoms with Gasteiger partial charge in [-0.2, -0.15) is 13.2 Å². The molecule has 0 saturated heterocycles. The van der Waals surface area contributed by atoms with E-state index in [2.05, 4.69) is 0 Å². The van der Waals surface area contributed by atoms with E-state index in [9.17, 15) is 22.8 Å². The Morgan fingerprint density at radius 3 is 2.24 bits per heavy atom. The number of amides is 1. The van der Waals surface area contributed by atoms with Crippen LogP contribution in [0.15, 0.2) is 65.4 Å². The lowest BCUT2D eigenvalue weighted by Crippen LogP contribution is -2.24. The Bertz CT molecular complexity index is 1030. The van der Waals surface area contributed by atoms with Gasteiger partial charge in [-0.05, 0) is 43.7 Å². The largest absolute Gasteiger partial charge is 0.465 e. The number of methoxy groups -OCH3 is 1. The van der Waals surface area contributed by atoms with Gasteiger partial charge in [-0.25, -0.2) is 4.79 Å². The van der Waals surface area contributed by atoms with Crippen molar-refractivity contribution in [2.75, 3.05) is 12.0 Å². The average Bonchev–Trinajstić information content (AvgIpc) is 2.91. The van der Waals surface area contributed by atoms with Crippen molar-refractivity contribution in [1.29, 1.82) is 0 Å². The second-order valence-electron chi connectivity index (χ2n) is 6.57. The lowest BCUT2D eigenvalue weighted by Gasteiger charge is -2.18. The van der Waals surface area contributed by atoms with Crippen LogP contribution in [0.5, 0.6) is 0 Å². The summed E-state index contributed by atoms with van der Waals surface area (Å²) in [6, 6.07) is 11.9. The van der Waals surface area contributed by atoms with Crippen molar-refractivity contribution in [3.05, 3.63) is 82.1 Å². The van der Waals surface area contributed by atoms with Gasteiger partial charge in [0.15, 0.2) is 0 Å². The maximum atomic E-state index is 13.4. The van der Waals surface area contributed by atoms with Gasteiger partial charge in [0.05, 0.1) is 23.8 Å². The first-order chi connectivity index (χ1) is 13.6. The topological polar surface area (TPSA) is 46.6 Å².